The number of rotatable bonds is 2. The van der Waals surface area contributed by atoms with Crippen LogP contribution < -0.4 is 0 Å². The van der Waals surface area contributed by atoms with Crippen LogP contribution in [0.4, 0.5) is 0 Å². The SMILES string of the molecule is Cc1ccccc1C1C=CC([Si](C)C)=CN1C. The van der Waals surface area contributed by atoms with E-state index in [1.54, 1.807) is 0 Å². The Balaban J connectivity index is 2.28. The topological polar surface area (TPSA) is 3.24 Å². The first-order valence-electron chi connectivity index (χ1n) is 6.07. The number of hydrogen-bond donors (Lipinski definition) is 0. The zero-order chi connectivity index (χ0) is 12.4. The molecule has 0 fully saturated rings. The van der Waals surface area contributed by atoms with Crippen molar-refractivity contribution in [3.8, 4) is 0 Å². The minimum atomic E-state index is -0.350. The van der Waals surface area contributed by atoms with E-state index in [0.29, 0.717) is 6.04 Å². The van der Waals surface area contributed by atoms with Gasteiger partial charge in [0.15, 0.2) is 0 Å². The van der Waals surface area contributed by atoms with Crippen LogP contribution in [0, 0.1) is 6.92 Å². The number of allylic oxidation sites excluding steroid dienone is 2. The fraction of sp³-hybridized carbons (Fsp3) is 0.333. The van der Waals surface area contributed by atoms with Gasteiger partial charge in [-0.25, -0.2) is 0 Å². The van der Waals surface area contributed by atoms with Crippen molar-refractivity contribution in [3.63, 3.8) is 0 Å². The molecule has 1 atom stereocenters. The molecule has 2 rings (SSSR count). The van der Waals surface area contributed by atoms with Crippen LogP contribution in [0.3, 0.4) is 0 Å². The van der Waals surface area contributed by atoms with Gasteiger partial charge in [-0.2, -0.15) is 0 Å². The smallest absolute Gasteiger partial charge is 0.0811 e. The molecule has 0 aromatic heterocycles. The Hall–Kier alpha value is -1.28. The largest absolute Gasteiger partial charge is 0.370 e. The number of aryl methyl sites for hydroxylation is 1. The summed E-state index contributed by atoms with van der Waals surface area (Å²) >= 11 is 0. The predicted octanol–water partition coefficient (Wildman–Crippen LogP) is 3.72. The van der Waals surface area contributed by atoms with Crippen molar-refractivity contribution in [1.82, 2.24) is 4.90 Å². The molecule has 1 aromatic rings. The molecule has 89 valence electrons. The summed E-state index contributed by atoms with van der Waals surface area (Å²) in [6.07, 6.45) is 6.95. The Morgan fingerprint density at radius 3 is 2.47 bits per heavy atom. The highest BCUT2D eigenvalue weighted by Crippen LogP contribution is 2.28. The van der Waals surface area contributed by atoms with Crippen LogP contribution in [0.25, 0.3) is 0 Å². The van der Waals surface area contributed by atoms with Crippen LogP contribution in [0.15, 0.2) is 47.8 Å². The minimum Gasteiger partial charge on any atom is -0.370 e. The maximum absolute atomic E-state index is 2.34. The lowest BCUT2D eigenvalue weighted by Gasteiger charge is -2.30. The molecule has 1 nitrogen and oxygen atoms in total. The van der Waals surface area contributed by atoms with Crippen molar-refractivity contribution in [2.45, 2.75) is 26.1 Å². The highest BCUT2D eigenvalue weighted by molar-refractivity contribution is 6.64. The molecule has 0 aliphatic carbocycles. The summed E-state index contributed by atoms with van der Waals surface area (Å²) in [5.74, 6) is 0. The summed E-state index contributed by atoms with van der Waals surface area (Å²) in [5, 5.41) is 1.50. The van der Waals surface area contributed by atoms with Gasteiger partial charge in [0, 0.05) is 7.05 Å². The first-order valence-corrected chi connectivity index (χ1v) is 8.57. The first-order chi connectivity index (χ1) is 8.09. The lowest BCUT2D eigenvalue weighted by Crippen LogP contribution is -2.23. The Labute approximate surface area is 106 Å². The van der Waals surface area contributed by atoms with Crippen LogP contribution in [0.5, 0.6) is 0 Å². The average molecular weight is 242 g/mol. The first kappa shape index (κ1) is 12.2. The summed E-state index contributed by atoms with van der Waals surface area (Å²) < 4.78 is 0. The molecule has 17 heavy (non-hydrogen) atoms. The standard InChI is InChI=1S/C15H20NSi/c1-12-7-5-6-8-14(12)15-10-9-13(17(3)4)11-16(15)2/h5-11,15H,1-4H3. The third-order valence-electron chi connectivity index (χ3n) is 3.32. The Kier molecular flexibility index (Phi) is 3.53. The number of benzene rings is 1. The highest BCUT2D eigenvalue weighted by atomic mass is 28.3. The Morgan fingerprint density at radius 1 is 1.18 bits per heavy atom. The van der Waals surface area contributed by atoms with Crippen molar-refractivity contribution in [2.75, 3.05) is 7.05 Å². The van der Waals surface area contributed by atoms with E-state index in [0.717, 1.165) is 0 Å². The molecule has 0 bridgehead atoms. The fourth-order valence-corrected chi connectivity index (χ4v) is 3.10. The molecule has 1 aromatic carbocycles. The molecule has 2 heteroatoms. The van der Waals surface area contributed by atoms with Crippen LogP contribution in [0.2, 0.25) is 13.1 Å². The number of hydrogen-bond acceptors (Lipinski definition) is 1. The van der Waals surface area contributed by atoms with Crippen molar-refractivity contribution in [1.29, 1.82) is 0 Å². The zero-order valence-electron chi connectivity index (χ0n) is 11.1. The Bertz CT molecular complexity index is 460. The summed E-state index contributed by atoms with van der Waals surface area (Å²) in [4.78, 5) is 2.33. The fourth-order valence-electron chi connectivity index (χ4n) is 2.21. The van der Waals surface area contributed by atoms with Gasteiger partial charge in [0.1, 0.15) is 0 Å². The lowest BCUT2D eigenvalue weighted by molar-refractivity contribution is 0.387. The van der Waals surface area contributed by atoms with E-state index < -0.39 is 0 Å². The quantitative estimate of drug-likeness (QED) is 0.715. The third-order valence-corrected chi connectivity index (χ3v) is 4.77. The van der Waals surface area contributed by atoms with E-state index in [1.165, 1.54) is 16.3 Å². The van der Waals surface area contributed by atoms with E-state index >= 15 is 0 Å². The second-order valence-corrected chi connectivity index (χ2v) is 7.49. The lowest BCUT2D eigenvalue weighted by atomic mass is 9.99. The molecule has 1 aliphatic rings. The van der Waals surface area contributed by atoms with Gasteiger partial charge in [0.2, 0.25) is 0 Å². The number of nitrogens with zero attached hydrogens (tertiary/aromatic N) is 1. The normalized spacial score (nSPS) is 19.7. The molecule has 0 amide bonds. The van der Waals surface area contributed by atoms with Crippen LogP contribution >= 0.6 is 0 Å². The van der Waals surface area contributed by atoms with Gasteiger partial charge in [0.25, 0.3) is 0 Å². The van der Waals surface area contributed by atoms with Crippen molar-refractivity contribution >= 4 is 8.80 Å². The second kappa shape index (κ2) is 4.92. The molecule has 1 heterocycles. The molecule has 0 N–H and O–H groups in total. The van der Waals surface area contributed by atoms with E-state index in [4.69, 9.17) is 0 Å². The monoisotopic (exact) mass is 242 g/mol. The molecular formula is C15H20NSi. The summed E-state index contributed by atoms with van der Waals surface area (Å²) in [5.41, 5.74) is 2.77. The van der Waals surface area contributed by atoms with Crippen molar-refractivity contribution in [2.24, 2.45) is 0 Å². The van der Waals surface area contributed by atoms with E-state index in [1.807, 2.05) is 0 Å². The van der Waals surface area contributed by atoms with Crippen LogP contribution in [0.1, 0.15) is 17.2 Å². The molecular weight excluding hydrogens is 222 g/mol. The second-order valence-electron chi connectivity index (χ2n) is 4.91. The Morgan fingerprint density at radius 2 is 1.88 bits per heavy atom. The molecule has 0 spiro atoms. The molecule has 0 saturated heterocycles. The highest BCUT2D eigenvalue weighted by Gasteiger charge is 2.18. The van der Waals surface area contributed by atoms with E-state index in [-0.39, 0.29) is 8.80 Å². The minimum absolute atomic E-state index is 0.350. The van der Waals surface area contributed by atoms with Gasteiger partial charge in [-0.1, -0.05) is 49.5 Å². The van der Waals surface area contributed by atoms with Gasteiger partial charge in [-0.3, -0.25) is 0 Å². The molecule has 1 aliphatic heterocycles. The summed E-state index contributed by atoms with van der Waals surface area (Å²) in [6, 6.07) is 9.03. The van der Waals surface area contributed by atoms with Gasteiger partial charge in [0.05, 0.1) is 14.8 Å². The van der Waals surface area contributed by atoms with Crippen LogP contribution in [-0.2, 0) is 0 Å². The predicted molar refractivity (Wildman–Crippen MR) is 76.4 cm³/mol. The van der Waals surface area contributed by atoms with Crippen molar-refractivity contribution < 1.29 is 0 Å². The average Bonchev–Trinajstić information content (AvgIpc) is 2.30. The summed E-state index contributed by atoms with van der Waals surface area (Å²) in [6.45, 7) is 6.86. The third kappa shape index (κ3) is 2.52. The molecule has 0 saturated carbocycles. The van der Waals surface area contributed by atoms with E-state index in [2.05, 4.69) is 74.6 Å². The zero-order valence-corrected chi connectivity index (χ0v) is 12.1. The number of likely N-dealkylation sites (N-methyl/N-ethyl adjacent to an activating group) is 1. The maximum Gasteiger partial charge on any atom is 0.0811 e. The summed E-state index contributed by atoms with van der Waals surface area (Å²) in [7, 11) is 1.82. The maximum atomic E-state index is 2.34. The van der Waals surface area contributed by atoms with E-state index in [9.17, 15) is 0 Å². The van der Waals surface area contributed by atoms with Gasteiger partial charge >= 0.3 is 0 Å². The molecule has 1 radical (unpaired) electrons. The van der Waals surface area contributed by atoms with Crippen LogP contribution in [-0.4, -0.2) is 20.7 Å². The van der Waals surface area contributed by atoms with Gasteiger partial charge in [-0.05, 0) is 29.4 Å². The van der Waals surface area contributed by atoms with Gasteiger partial charge < -0.3 is 4.90 Å². The molecule has 1 unspecified atom stereocenters. The van der Waals surface area contributed by atoms with Gasteiger partial charge in [-0.15, -0.1) is 0 Å². The van der Waals surface area contributed by atoms with Crippen molar-refractivity contribution in [3.05, 3.63) is 58.9 Å².